The van der Waals surface area contributed by atoms with Gasteiger partial charge in [0.2, 0.25) is 5.91 Å². The van der Waals surface area contributed by atoms with Gasteiger partial charge in [-0.2, -0.15) is 0 Å². The Kier molecular flexibility index (Phi) is 8.88. The number of aliphatic hydroxyl groups excluding tert-OH is 1. The minimum absolute atomic E-state index is 0.0370. The summed E-state index contributed by atoms with van der Waals surface area (Å²) in [6.45, 7) is 10.3. The maximum Gasteiger partial charge on any atom is 0.362 e. The minimum atomic E-state index is -1.02. The van der Waals surface area contributed by atoms with Gasteiger partial charge in [0.15, 0.2) is 5.78 Å². The number of hydrogen-bond donors (Lipinski definition) is 2. The number of ether oxygens (including phenoxy) is 1. The number of likely N-dealkylation sites (tertiary alicyclic amines) is 1. The van der Waals surface area contributed by atoms with Gasteiger partial charge in [-0.15, -0.1) is 5.10 Å². The zero-order valence-electron chi connectivity index (χ0n) is 25.0. The predicted molar refractivity (Wildman–Crippen MR) is 155 cm³/mol. The van der Waals surface area contributed by atoms with E-state index in [9.17, 15) is 34.4 Å². The molecule has 2 fully saturated rings. The molecular weight excluding hydrogens is 588 g/mol. The first-order chi connectivity index (χ1) is 21.3. The Hall–Kier alpha value is -4.83. The quantitative estimate of drug-likeness (QED) is 0.109. The number of β-lactam (4-membered cyclic amide) rings is 1. The highest BCUT2D eigenvalue weighted by Crippen LogP contribution is 2.49. The Morgan fingerprint density at radius 2 is 1.93 bits per heavy atom. The number of benzene rings is 1. The van der Waals surface area contributed by atoms with Gasteiger partial charge < -0.3 is 20.1 Å². The van der Waals surface area contributed by atoms with E-state index in [-0.39, 0.29) is 66.0 Å². The number of hydrogen-bond acceptors (Lipinski definition) is 13. The average Bonchev–Trinajstić information content (AvgIpc) is 3.66. The lowest BCUT2D eigenvalue weighted by Crippen LogP contribution is -2.62. The molecule has 1 aromatic carbocycles. The molecule has 16 heteroatoms. The van der Waals surface area contributed by atoms with Gasteiger partial charge in [0.1, 0.15) is 18.6 Å². The second kappa shape index (κ2) is 12.6. The number of allylic oxidation sites excluding steroid dienone is 1. The van der Waals surface area contributed by atoms with Gasteiger partial charge in [0, 0.05) is 49.8 Å². The molecule has 0 saturated carbocycles. The second-order valence-electron chi connectivity index (χ2n) is 11.9. The molecule has 3 aliphatic heterocycles. The van der Waals surface area contributed by atoms with Crippen molar-refractivity contribution in [3.05, 3.63) is 69.8 Å². The molecule has 5 rings (SSSR count). The van der Waals surface area contributed by atoms with Crippen LogP contribution in [0, 0.1) is 27.9 Å². The van der Waals surface area contributed by atoms with Gasteiger partial charge in [-0.25, -0.2) is 14.3 Å². The van der Waals surface area contributed by atoms with Gasteiger partial charge in [-0.1, -0.05) is 20.4 Å². The van der Waals surface area contributed by atoms with Crippen molar-refractivity contribution in [3.63, 3.8) is 0 Å². The van der Waals surface area contributed by atoms with E-state index in [4.69, 9.17) is 4.74 Å². The number of non-ortho nitro benzene ring substituents is 1. The van der Waals surface area contributed by atoms with Crippen molar-refractivity contribution in [2.75, 3.05) is 19.6 Å². The monoisotopic (exact) mass is 622 g/mol. The number of fused-ring (bicyclic) bond motifs is 1. The molecular formula is C29H34N8O8. The van der Waals surface area contributed by atoms with Crippen LogP contribution in [0.3, 0.4) is 0 Å². The van der Waals surface area contributed by atoms with Gasteiger partial charge in [-0.05, 0) is 41.0 Å². The highest BCUT2D eigenvalue weighted by Gasteiger charge is 2.60. The molecule has 45 heavy (non-hydrogen) atoms. The number of nitro benzene ring substituents is 1. The summed E-state index contributed by atoms with van der Waals surface area (Å²) in [5.74, 6) is -3.81. The summed E-state index contributed by atoms with van der Waals surface area (Å²) in [6, 6.07) is 3.89. The summed E-state index contributed by atoms with van der Waals surface area (Å²) >= 11 is 0. The van der Waals surface area contributed by atoms with Gasteiger partial charge in [-0.3, -0.25) is 24.6 Å². The Bertz CT molecular complexity index is 1560. The standard InChI is InChI=1S/C29H34N8O8/c1-15(2)31-22-12-34(13-23(22)39)11-21-17(4)25-24(16(3)9-20(38)10-35-14-30-32-33-35)27(40)36(25)26(21)29(42)45-28(41)18-5-7-19(8-6-18)37(43)44/h5-8,14,16-17,22-25,31,39H,1,9-13H2,2-4H3/t16-,17-,22-,23-,24+,25+/m0/s1. The van der Waals surface area contributed by atoms with Crippen LogP contribution in [0.1, 0.15) is 37.6 Å². The zero-order valence-corrected chi connectivity index (χ0v) is 25.0. The molecule has 16 nitrogen and oxygen atoms in total. The Morgan fingerprint density at radius 3 is 2.56 bits per heavy atom. The first kappa shape index (κ1) is 31.6. The number of ketones is 1. The molecule has 0 unspecified atom stereocenters. The van der Waals surface area contributed by atoms with Crippen molar-refractivity contribution in [1.29, 1.82) is 0 Å². The molecule has 238 valence electrons. The largest absolute Gasteiger partial charge is 0.390 e. The van der Waals surface area contributed by atoms with Crippen molar-refractivity contribution in [2.45, 2.75) is 51.9 Å². The fourth-order valence-corrected chi connectivity index (χ4v) is 6.52. The van der Waals surface area contributed by atoms with Gasteiger partial charge in [0.25, 0.3) is 5.69 Å². The summed E-state index contributed by atoms with van der Waals surface area (Å²) in [4.78, 5) is 66.5. The third-order valence-electron chi connectivity index (χ3n) is 8.57. The molecule has 6 atom stereocenters. The molecule has 0 bridgehead atoms. The SMILES string of the molecule is C=C(C)N[C@H]1CN(CC2=C(C(=O)OC(=O)c3ccc([N+](=O)[O-])cc3)N3C(=O)[C@H]([C@@H](C)CC(=O)Cn4cnnn4)[C@H]3[C@H]2C)C[C@@H]1O. The van der Waals surface area contributed by atoms with Gasteiger partial charge in [0.05, 0.1) is 34.6 Å². The average molecular weight is 623 g/mol. The molecule has 2 aromatic rings. The normalized spacial score (nSPS) is 25.0. The Morgan fingerprint density at radius 1 is 1.22 bits per heavy atom. The second-order valence-corrected chi connectivity index (χ2v) is 11.9. The van der Waals surface area contributed by atoms with Crippen molar-refractivity contribution >= 4 is 29.3 Å². The number of esters is 2. The van der Waals surface area contributed by atoms with Crippen LogP contribution in [-0.2, 0) is 25.7 Å². The molecule has 1 aromatic heterocycles. The van der Waals surface area contributed by atoms with E-state index in [1.165, 1.54) is 28.0 Å². The number of nitro groups is 1. The van der Waals surface area contributed by atoms with E-state index in [0.717, 1.165) is 12.1 Å². The highest BCUT2D eigenvalue weighted by atomic mass is 16.6. The highest BCUT2D eigenvalue weighted by molar-refractivity contribution is 6.06. The summed E-state index contributed by atoms with van der Waals surface area (Å²) in [7, 11) is 0. The van der Waals surface area contributed by atoms with Crippen LogP contribution in [0.2, 0.25) is 0 Å². The van der Waals surface area contributed by atoms with E-state index in [0.29, 0.717) is 24.4 Å². The topological polar surface area (TPSA) is 203 Å². The number of carbonyl (C=O) groups excluding carboxylic acids is 4. The summed E-state index contributed by atoms with van der Waals surface area (Å²) < 4.78 is 6.52. The maximum absolute atomic E-state index is 13.6. The van der Waals surface area contributed by atoms with Crippen molar-refractivity contribution < 1.29 is 33.9 Å². The third-order valence-corrected chi connectivity index (χ3v) is 8.57. The number of tetrazole rings is 1. The number of aliphatic hydroxyl groups is 1. The molecule has 4 heterocycles. The fraction of sp³-hybridized carbons (Fsp3) is 0.483. The van der Waals surface area contributed by atoms with E-state index in [1.807, 2.05) is 18.7 Å². The van der Waals surface area contributed by atoms with E-state index >= 15 is 0 Å². The van der Waals surface area contributed by atoms with Crippen LogP contribution in [-0.4, -0.2) is 101 Å². The predicted octanol–water partition coefficient (Wildman–Crippen LogP) is 0.459. The van der Waals surface area contributed by atoms with Crippen LogP contribution >= 0.6 is 0 Å². The smallest absolute Gasteiger partial charge is 0.362 e. The van der Waals surface area contributed by atoms with Crippen molar-refractivity contribution in [2.24, 2.45) is 17.8 Å². The van der Waals surface area contributed by atoms with E-state index in [1.54, 1.807) is 6.92 Å². The molecule has 2 N–H and O–H groups in total. The number of Topliss-reactive ketones (excluding diaryl/α,β-unsaturated/α-hetero) is 1. The first-order valence-corrected chi connectivity index (χ1v) is 14.5. The fourth-order valence-electron chi connectivity index (χ4n) is 6.52. The van der Waals surface area contributed by atoms with Crippen molar-refractivity contribution in [3.8, 4) is 0 Å². The Balaban J connectivity index is 1.37. The lowest BCUT2D eigenvalue weighted by Gasteiger charge is -2.48. The van der Waals surface area contributed by atoms with Crippen LogP contribution in [0.15, 0.2) is 54.1 Å². The summed E-state index contributed by atoms with van der Waals surface area (Å²) in [6.07, 6.45) is 0.722. The number of carbonyl (C=O) groups is 4. The maximum atomic E-state index is 13.6. The number of nitrogens with one attached hydrogen (secondary N) is 1. The van der Waals surface area contributed by atoms with Gasteiger partial charge >= 0.3 is 11.9 Å². The molecule has 2 saturated heterocycles. The molecule has 1 amide bonds. The van der Waals surface area contributed by atoms with E-state index in [2.05, 4.69) is 27.4 Å². The minimum Gasteiger partial charge on any atom is -0.390 e. The van der Waals surface area contributed by atoms with E-state index < -0.39 is 34.9 Å². The zero-order chi connectivity index (χ0) is 32.6. The number of rotatable bonds is 12. The number of aromatic nitrogens is 4. The van der Waals surface area contributed by atoms with Crippen LogP contribution < -0.4 is 5.32 Å². The van der Waals surface area contributed by atoms with Crippen LogP contribution in [0.25, 0.3) is 0 Å². The number of amides is 1. The number of β-amino-alcohol motifs (C(OH)–C–C–N with tert-alkyl or cyclic N) is 1. The number of nitrogens with zero attached hydrogens (tertiary/aromatic N) is 7. The lowest BCUT2D eigenvalue weighted by atomic mass is 9.72. The molecule has 0 aliphatic carbocycles. The molecule has 3 aliphatic rings. The summed E-state index contributed by atoms with van der Waals surface area (Å²) in [5.41, 5.74) is 0.933. The summed E-state index contributed by atoms with van der Waals surface area (Å²) in [5, 5.41) is 35.5. The molecule has 0 spiro atoms. The first-order valence-electron chi connectivity index (χ1n) is 14.5. The molecule has 0 radical (unpaired) electrons. The van der Waals surface area contributed by atoms with Crippen molar-refractivity contribution in [1.82, 2.24) is 35.3 Å². The van der Waals surface area contributed by atoms with Crippen LogP contribution in [0.5, 0.6) is 0 Å². The Labute approximate surface area is 257 Å². The third kappa shape index (κ3) is 6.37. The van der Waals surface area contributed by atoms with Crippen LogP contribution in [0.4, 0.5) is 5.69 Å². The lowest BCUT2D eigenvalue weighted by molar-refractivity contribution is -0.384.